The molecule has 2 atom stereocenters. The van der Waals surface area contributed by atoms with E-state index >= 15 is 0 Å². The first-order valence-corrected chi connectivity index (χ1v) is 9.40. The summed E-state index contributed by atoms with van der Waals surface area (Å²) in [6.45, 7) is 4.61. The van der Waals surface area contributed by atoms with Crippen LogP contribution in [0, 0.1) is 5.92 Å². The van der Waals surface area contributed by atoms with Crippen LogP contribution in [0.15, 0.2) is 18.2 Å². The van der Waals surface area contributed by atoms with Gasteiger partial charge in [0.1, 0.15) is 0 Å². The van der Waals surface area contributed by atoms with Gasteiger partial charge in [-0.05, 0) is 56.7 Å². The van der Waals surface area contributed by atoms with Crippen LogP contribution in [0.25, 0.3) is 0 Å². The van der Waals surface area contributed by atoms with Gasteiger partial charge in [0.05, 0.1) is 16.1 Å². The van der Waals surface area contributed by atoms with E-state index in [0.29, 0.717) is 28.5 Å². The van der Waals surface area contributed by atoms with E-state index in [0.717, 1.165) is 44.6 Å². The van der Waals surface area contributed by atoms with Crippen LogP contribution in [0.1, 0.15) is 32.6 Å². The first-order valence-electron chi connectivity index (χ1n) is 8.65. The Morgan fingerprint density at radius 2 is 2.00 bits per heavy atom. The van der Waals surface area contributed by atoms with Crippen LogP contribution >= 0.6 is 23.2 Å². The summed E-state index contributed by atoms with van der Waals surface area (Å²) in [4.78, 5) is 14.5. The van der Waals surface area contributed by atoms with Crippen molar-refractivity contribution in [1.82, 2.24) is 5.32 Å². The fraction of sp³-hybridized carbons (Fsp3) is 0.611. The highest BCUT2D eigenvalue weighted by molar-refractivity contribution is 6.42. The second-order valence-corrected chi connectivity index (χ2v) is 7.60. The fourth-order valence-electron chi connectivity index (χ4n) is 3.64. The average Bonchev–Trinajstić information content (AvgIpc) is 2.92. The lowest BCUT2D eigenvalue weighted by molar-refractivity contribution is -0.119. The van der Waals surface area contributed by atoms with Gasteiger partial charge in [-0.3, -0.25) is 4.79 Å². The number of benzene rings is 1. The summed E-state index contributed by atoms with van der Waals surface area (Å²) in [6, 6.07) is 5.56. The van der Waals surface area contributed by atoms with Crippen LogP contribution in [0.3, 0.4) is 0 Å². The lowest BCUT2D eigenvalue weighted by Gasteiger charge is -2.27. The van der Waals surface area contributed by atoms with E-state index in [1.165, 1.54) is 0 Å². The van der Waals surface area contributed by atoms with Crippen LogP contribution in [0.2, 0.25) is 10.0 Å². The quantitative estimate of drug-likeness (QED) is 0.854. The first-order chi connectivity index (χ1) is 11.5. The molecule has 0 spiro atoms. The van der Waals surface area contributed by atoms with Gasteiger partial charge in [0.15, 0.2) is 0 Å². The van der Waals surface area contributed by atoms with E-state index in [1.807, 2.05) is 6.07 Å². The van der Waals surface area contributed by atoms with Gasteiger partial charge in [-0.2, -0.15) is 0 Å². The van der Waals surface area contributed by atoms with Crippen molar-refractivity contribution in [3.8, 4) is 0 Å². The van der Waals surface area contributed by atoms with Crippen molar-refractivity contribution in [2.75, 3.05) is 24.7 Å². The van der Waals surface area contributed by atoms with Gasteiger partial charge >= 0.3 is 0 Å². The lowest BCUT2D eigenvalue weighted by atomic mass is 9.93. The summed E-state index contributed by atoms with van der Waals surface area (Å²) in [6.07, 6.45) is 4.16. The Morgan fingerprint density at radius 3 is 2.71 bits per heavy atom. The molecule has 1 N–H and O–H groups in total. The van der Waals surface area contributed by atoms with Crippen LogP contribution < -0.4 is 10.2 Å². The van der Waals surface area contributed by atoms with Gasteiger partial charge in [0, 0.05) is 31.5 Å². The molecule has 0 radical (unpaired) electrons. The van der Waals surface area contributed by atoms with Gasteiger partial charge in [0.2, 0.25) is 5.91 Å². The molecule has 2 unspecified atom stereocenters. The van der Waals surface area contributed by atoms with Crippen molar-refractivity contribution in [2.24, 2.45) is 5.92 Å². The van der Waals surface area contributed by atoms with Crippen LogP contribution in [0.5, 0.6) is 0 Å². The molecule has 4 nitrogen and oxygen atoms in total. The highest BCUT2D eigenvalue weighted by Crippen LogP contribution is 2.30. The molecule has 1 amide bonds. The van der Waals surface area contributed by atoms with Crippen molar-refractivity contribution in [3.05, 3.63) is 28.2 Å². The average molecular weight is 371 g/mol. The van der Waals surface area contributed by atoms with Crippen molar-refractivity contribution in [3.63, 3.8) is 0 Å². The number of halogens is 2. The number of carbonyl (C=O) groups is 1. The molecular weight excluding hydrogens is 347 g/mol. The maximum atomic E-state index is 12.7. The van der Waals surface area contributed by atoms with E-state index in [2.05, 4.69) is 12.2 Å². The van der Waals surface area contributed by atoms with Gasteiger partial charge < -0.3 is 15.0 Å². The molecule has 0 aliphatic carbocycles. The van der Waals surface area contributed by atoms with Gasteiger partial charge in [-0.15, -0.1) is 0 Å². The monoisotopic (exact) mass is 370 g/mol. The van der Waals surface area contributed by atoms with Gasteiger partial charge in [0.25, 0.3) is 0 Å². The predicted octanol–water partition coefficient (Wildman–Crippen LogP) is 3.89. The zero-order chi connectivity index (χ0) is 17.1. The van der Waals surface area contributed by atoms with E-state index < -0.39 is 0 Å². The van der Waals surface area contributed by atoms with Crippen LogP contribution in [-0.2, 0) is 9.53 Å². The molecule has 1 aromatic rings. The number of hydrogen-bond donors (Lipinski definition) is 1. The summed E-state index contributed by atoms with van der Waals surface area (Å²) >= 11 is 12.0. The van der Waals surface area contributed by atoms with Crippen LogP contribution in [0.4, 0.5) is 5.69 Å². The molecule has 24 heavy (non-hydrogen) atoms. The second-order valence-electron chi connectivity index (χ2n) is 6.79. The zero-order valence-electron chi connectivity index (χ0n) is 13.9. The highest BCUT2D eigenvalue weighted by Gasteiger charge is 2.33. The van der Waals surface area contributed by atoms with E-state index in [4.69, 9.17) is 27.9 Å². The third kappa shape index (κ3) is 4.23. The van der Waals surface area contributed by atoms with Crippen molar-refractivity contribution in [2.45, 2.75) is 44.7 Å². The maximum absolute atomic E-state index is 12.7. The Morgan fingerprint density at radius 1 is 1.25 bits per heavy atom. The topological polar surface area (TPSA) is 41.6 Å². The number of rotatable bonds is 5. The minimum Gasteiger partial charge on any atom is -0.381 e. The number of hydrogen-bond acceptors (Lipinski definition) is 3. The van der Waals surface area contributed by atoms with Crippen molar-refractivity contribution >= 4 is 34.8 Å². The summed E-state index contributed by atoms with van der Waals surface area (Å²) < 4.78 is 5.41. The SMILES string of the molecule is CC(CC1CCOCC1)NC1CCN(c2ccc(Cl)c(Cl)c2)C1=O. The molecular formula is C18H24Cl2N2O2. The number of ether oxygens (including phenoxy) is 1. The molecule has 3 rings (SSSR count). The maximum Gasteiger partial charge on any atom is 0.244 e. The summed E-state index contributed by atoms with van der Waals surface area (Å²) in [5.41, 5.74) is 0.816. The van der Waals surface area contributed by atoms with Gasteiger partial charge in [-0.25, -0.2) is 0 Å². The van der Waals surface area contributed by atoms with E-state index in [9.17, 15) is 4.79 Å². The third-order valence-electron chi connectivity index (χ3n) is 4.93. The smallest absolute Gasteiger partial charge is 0.244 e. The molecule has 2 saturated heterocycles. The second kappa shape index (κ2) is 8.05. The number of nitrogens with zero attached hydrogens (tertiary/aromatic N) is 1. The molecule has 2 aliphatic heterocycles. The third-order valence-corrected chi connectivity index (χ3v) is 5.67. The molecule has 0 saturated carbocycles. The fourth-order valence-corrected chi connectivity index (χ4v) is 3.93. The number of carbonyl (C=O) groups excluding carboxylic acids is 1. The summed E-state index contributed by atoms with van der Waals surface area (Å²) in [5, 5.41) is 4.49. The molecule has 2 heterocycles. The number of amides is 1. The Balaban J connectivity index is 1.56. The number of nitrogens with one attached hydrogen (secondary N) is 1. The Hall–Kier alpha value is -0.810. The Labute approximate surface area is 153 Å². The molecule has 2 fully saturated rings. The summed E-state index contributed by atoms with van der Waals surface area (Å²) in [5.74, 6) is 0.816. The Bertz CT molecular complexity index is 590. The normalized spacial score (nSPS) is 23.7. The molecule has 0 bridgehead atoms. The van der Waals surface area contributed by atoms with E-state index in [1.54, 1.807) is 17.0 Å². The number of anilines is 1. The minimum atomic E-state index is -0.116. The predicted molar refractivity (Wildman–Crippen MR) is 98.0 cm³/mol. The molecule has 1 aromatic carbocycles. The molecule has 2 aliphatic rings. The lowest BCUT2D eigenvalue weighted by Crippen LogP contribution is -2.43. The van der Waals surface area contributed by atoms with Gasteiger partial charge in [-0.1, -0.05) is 23.2 Å². The first kappa shape index (κ1) is 18.0. The highest BCUT2D eigenvalue weighted by atomic mass is 35.5. The molecule has 132 valence electrons. The summed E-state index contributed by atoms with van der Waals surface area (Å²) in [7, 11) is 0. The largest absolute Gasteiger partial charge is 0.381 e. The molecule has 6 heteroatoms. The van der Waals surface area contributed by atoms with Crippen molar-refractivity contribution in [1.29, 1.82) is 0 Å². The van der Waals surface area contributed by atoms with Crippen molar-refractivity contribution < 1.29 is 9.53 Å². The van der Waals surface area contributed by atoms with E-state index in [-0.39, 0.29) is 11.9 Å². The Kier molecular flexibility index (Phi) is 6.03. The van der Waals surface area contributed by atoms with Crippen LogP contribution in [-0.4, -0.2) is 37.7 Å². The standard InChI is InChI=1S/C18H24Cl2N2O2/c1-12(10-13-5-8-24-9-6-13)21-17-4-7-22(18(17)23)14-2-3-15(19)16(20)11-14/h2-3,11-13,17,21H,4-10H2,1H3. The molecule has 0 aromatic heterocycles. The zero-order valence-corrected chi connectivity index (χ0v) is 15.4. The minimum absolute atomic E-state index is 0.116.